The summed E-state index contributed by atoms with van der Waals surface area (Å²) >= 11 is 0. The lowest BCUT2D eigenvalue weighted by atomic mass is 9.48. The Labute approximate surface area is 155 Å². The Morgan fingerprint density at radius 3 is 2.12 bits per heavy atom. The van der Waals surface area contributed by atoms with E-state index in [1.165, 1.54) is 44.1 Å². The van der Waals surface area contributed by atoms with Gasteiger partial charge in [0.25, 0.3) is 0 Å². The second-order valence-corrected chi connectivity index (χ2v) is 8.81. The Morgan fingerprint density at radius 2 is 1.54 bits per heavy atom. The Balaban J connectivity index is 1.56. The molecule has 0 atom stereocenters. The van der Waals surface area contributed by atoms with Gasteiger partial charge in [-0.2, -0.15) is 0 Å². The van der Waals surface area contributed by atoms with Crippen LogP contribution in [0.25, 0.3) is 0 Å². The fraction of sp³-hybridized carbons (Fsp3) is 0.458. The highest BCUT2D eigenvalue weighted by atomic mass is 16.5. The smallest absolute Gasteiger partial charge is 0.196 e. The highest BCUT2D eigenvalue weighted by molar-refractivity contribution is 6.10. The van der Waals surface area contributed by atoms with Crippen molar-refractivity contribution in [2.75, 3.05) is 7.11 Å². The average molecular weight is 346 g/mol. The van der Waals surface area contributed by atoms with Crippen molar-refractivity contribution in [3.63, 3.8) is 0 Å². The quantitative estimate of drug-likeness (QED) is 0.693. The molecule has 2 aromatic carbocycles. The largest absolute Gasteiger partial charge is 0.496 e. The molecule has 0 radical (unpaired) electrons. The lowest BCUT2D eigenvalue weighted by Gasteiger charge is -2.57. The number of benzene rings is 2. The van der Waals surface area contributed by atoms with Gasteiger partial charge in [0.1, 0.15) is 5.75 Å². The SMILES string of the molecule is COc1ccc(C23CC4CC(CC(C4)C2)C3)cc1C(=O)c1ccccc1. The number of rotatable bonds is 4. The minimum absolute atomic E-state index is 0.0639. The molecule has 0 aliphatic heterocycles. The molecule has 0 heterocycles. The zero-order valence-electron chi connectivity index (χ0n) is 15.4. The third-order valence-corrected chi connectivity index (χ3v) is 7.13. The van der Waals surface area contributed by atoms with Crippen molar-refractivity contribution in [3.05, 3.63) is 65.2 Å². The maximum atomic E-state index is 13.1. The highest BCUT2D eigenvalue weighted by Crippen LogP contribution is 2.60. The minimum Gasteiger partial charge on any atom is -0.496 e. The third-order valence-electron chi connectivity index (χ3n) is 7.13. The average Bonchev–Trinajstić information content (AvgIpc) is 2.66. The Morgan fingerprint density at radius 1 is 0.923 bits per heavy atom. The van der Waals surface area contributed by atoms with Crippen LogP contribution in [0.15, 0.2) is 48.5 Å². The van der Waals surface area contributed by atoms with E-state index < -0.39 is 0 Å². The number of ether oxygens (including phenoxy) is 1. The number of carbonyl (C=O) groups excluding carboxylic acids is 1. The summed E-state index contributed by atoms with van der Waals surface area (Å²) in [5.41, 5.74) is 3.12. The van der Waals surface area contributed by atoms with Crippen LogP contribution in [0.3, 0.4) is 0 Å². The van der Waals surface area contributed by atoms with Gasteiger partial charge in [0.2, 0.25) is 0 Å². The predicted octanol–water partition coefficient (Wildman–Crippen LogP) is 5.39. The van der Waals surface area contributed by atoms with Crippen molar-refractivity contribution in [1.82, 2.24) is 0 Å². The van der Waals surface area contributed by atoms with E-state index in [4.69, 9.17) is 4.74 Å². The van der Waals surface area contributed by atoms with E-state index >= 15 is 0 Å². The monoisotopic (exact) mass is 346 g/mol. The molecule has 0 unspecified atom stereocenters. The molecule has 6 rings (SSSR count). The topological polar surface area (TPSA) is 26.3 Å². The number of hydrogen-bond donors (Lipinski definition) is 0. The Hall–Kier alpha value is -2.09. The van der Waals surface area contributed by atoms with Gasteiger partial charge < -0.3 is 4.74 Å². The first-order chi connectivity index (χ1) is 12.7. The maximum absolute atomic E-state index is 13.1. The van der Waals surface area contributed by atoms with E-state index in [-0.39, 0.29) is 5.78 Å². The van der Waals surface area contributed by atoms with Crippen LogP contribution < -0.4 is 4.74 Å². The number of methoxy groups -OCH3 is 1. The van der Waals surface area contributed by atoms with E-state index in [1.54, 1.807) is 7.11 Å². The van der Waals surface area contributed by atoms with Crippen molar-refractivity contribution < 1.29 is 9.53 Å². The molecule has 2 nitrogen and oxygen atoms in total. The van der Waals surface area contributed by atoms with Crippen LogP contribution >= 0.6 is 0 Å². The van der Waals surface area contributed by atoms with E-state index in [0.717, 1.165) is 23.3 Å². The summed E-state index contributed by atoms with van der Waals surface area (Å²) < 4.78 is 5.54. The summed E-state index contributed by atoms with van der Waals surface area (Å²) in [5, 5.41) is 0. The van der Waals surface area contributed by atoms with Gasteiger partial charge in [0.05, 0.1) is 12.7 Å². The minimum atomic E-state index is 0.0639. The molecular weight excluding hydrogens is 320 g/mol. The lowest BCUT2D eigenvalue weighted by Crippen LogP contribution is -2.48. The summed E-state index contributed by atoms with van der Waals surface area (Å²) in [6.07, 6.45) is 8.24. The second kappa shape index (κ2) is 5.97. The van der Waals surface area contributed by atoms with Gasteiger partial charge in [-0.3, -0.25) is 4.79 Å². The van der Waals surface area contributed by atoms with Crippen molar-refractivity contribution in [2.45, 2.75) is 43.9 Å². The molecule has 4 aliphatic rings. The summed E-state index contributed by atoms with van der Waals surface area (Å²) in [7, 11) is 1.65. The summed E-state index contributed by atoms with van der Waals surface area (Å²) in [4.78, 5) is 13.1. The van der Waals surface area contributed by atoms with Crippen LogP contribution in [-0.2, 0) is 5.41 Å². The fourth-order valence-electron chi connectivity index (χ4n) is 6.42. The number of carbonyl (C=O) groups is 1. The van der Waals surface area contributed by atoms with Gasteiger partial charge in [-0.15, -0.1) is 0 Å². The molecule has 134 valence electrons. The Kier molecular flexibility index (Phi) is 3.70. The molecule has 0 aromatic heterocycles. The molecular formula is C24H26O2. The lowest BCUT2D eigenvalue weighted by molar-refractivity contribution is -0.00521. The molecule has 0 N–H and O–H groups in total. The maximum Gasteiger partial charge on any atom is 0.196 e. The molecule has 0 amide bonds. The zero-order chi connectivity index (χ0) is 17.7. The number of ketones is 1. The van der Waals surface area contributed by atoms with Crippen molar-refractivity contribution in [3.8, 4) is 5.75 Å². The molecule has 4 fully saturated rings. The standard InChI is InChI=1S/C24H26O2/c1-26-22-8-7-20(12-21(22)23(25)19-5-3-2-4-6-19)24-13-16-9-17(14-24)11-18(10-16)15-24/h2-8,12,16-18H,9-11,13-15H2,1H3. The van der Waals surface area contributed by atoms with Crippen molar-refractivity contribution in [1.29, 1.82) is 0 Å². The van der Waals surface area contributed by atoms with Crippen LogP contribution in [0.5, 0.6) is 5.75 Å². The number of hydrogen-bond acceptors (Lipinski definition) is 2. The van der Waals surface area contributed by atoms with Crippen molar-refractivity contribution in [2.24, 2.45) is 17.8 Å². The fourth-order valence-corrected chi connectivity index (χ4v) is 6.42. The van der Waals surface area contributed by atoms with Crippen LogP contribution in [0, 0.1) is 17.8 Å². The van der Waals surface area contributed by atoms with Crippen LogP contribution in [0.2, 0.25) is 0 Å². The first kappa shape index (κ1) is 16.1. The van der Waals surface area contributed by atoms with Crippen LogP contribution in [0.1, 0.15) is 60.0 Å². The van der Waals surface area contributed by atoms with Gasteiger partial charge in [-0.1, -0.05) is 36.4 Å². The van der Waals surface area contributed by atoms with Crippen molar-refractivity contribution >= 4 is 5.78 Å². The van der Waals surface area contributed by atoms with Crippen LogP contribution in [-0.4, -0.2) is 12.9 Å². The first-order valence-electron chi connectivity index (χ1n) is 9.95. The van der Waals surface area contributed by atoms with Gasteiger partial charge in [-0.25, -0.2) is 0 Å². The summed E-state index contributed by atoms with van der Waals surface area (Å²) in [6.45, 7) is 0. The molecule has 0 spiro atoms. The molecule has 26 heavy (non-hydrogen) atoms. The highest BCUT2D eigenvalue weighted by Gasteiger charge is 2.51. The van der Waals surface area contributed by atoms with E-state index in [1.807, 2.05) is 36.4 Å². The molecule has 2 aromatic rings. The van der Waals surface area contributed by atoms with Gasteiger partial charge in [0, 0.05) is 5.56 Å². The van der Waals surface area contributed by atoms with E-state index in [0.29, 0.717) is 16.7 Å². The predicted molar refractivity (Wildman–Crippen MR) is 103 cm³/mol. The second-order valence-electron chi connectivity index (χ2n) is 8.81. The van der Waals surface area contributed by atoms with Crippen LogP contribution in [0.4, 0.5) is 0 Å². The van der Waals surface area contributed by atoms with Gasteiger partial charge in [-0.05, 0) is 79.4 Å². The molecule has 4 aliphatic carbocycles. The summed E-state index contributed by atoms with van der Waals surface area (Å²) in [6, 6.07) is 16.0. The molecule has 4 saturated carbocycles. The molecule has 0 saturated heterocycles. The molecule has 2 heteroatoms. The van der Waals surface area contributed by atoms with E-state index in [9.17, 15) is 4.79 Å². The third kappa shape index (κ3) is 2.50. The Bertz CT molecular complexity index is 801. The van der Waals surface area contributed by atoms with Gasteiger partial charge in [0.15, 0.2) is 5.78 Å². The zero-order valence-corrected chi connectivity index (χ0v) is 15.4. The van der Waals surface area contributed by atoms with E-state index in [2.05, 4.69) is 12.1 Å². The first-order valence-corrected chi connectivity index (χ1v) is 9.95. The normalized spacial score (nSPS) is 31.8. The van der Waals surface area contributed by atoms with Gasteiger partial charge >= 0.3 is 0 Å². The summed E-state index contributed by atoms with van der Waals surface area (Å²) in [5.74, 6) is 3.45. The molecule has 4 bridgehead atoms.